The molecule has 25 heavy (non-hydrogen) atoms. The molecule has 9 heteroatoms. The van der Waals surface area contributed by atoms with Crippen molar-refractivity contribution >= 4 is 13.1 Å². The zero-order valence-electron chi connectivity index (χ0n) is 13.9. The number of hydrogen-bond donors (Lipinski definition) is 5. The van der Waals surface area contributed by atoms with Crippen molar-refractivity contribution in [1.29, 1.82) is 0 Å². The number of aromatic carboxylic acids is 1. The zero-order valence-corrected chi connectivity index (χ0v) is 13.9. The molecule has 1 aliphatic carbocycles. The lowest BCUT2D eigenvalue weighted by atomic mass is 9.82. The van der Waals surface area contributed by atoms with Crippen LogP contribution in [-0.4, -0.2) is 69.5 Å². The second kappa shape index (κ2) is 6.83. The highest BCUT2D eigenvalue weighted by Crippen LogP contribution is 2.36. The minimum absolute atomic E-state index is 0.00520. The van der Waals surface area contributed by atoms with E-state index in [0.29, 0.717) is 18.7 Å². The van der Waals surface area contributed by atoms with Crippen LogP contribution < -0.4 is 10.5 Å². The third-order valence-corrected chi connectivity index (χ3v) is 4.76. The Morgan fingerprint density at radius 2 is 2.04 bits per heavy atom. The monoisotopic (exact) mass is 350 g/mol. The molecule has 8 nitrogen and oxygen atoms in total. The number of nitrogens with zero attached hydrogens (tertiary/aromatic N) is 1. The maximum atomic E-state index is 11.5. The van der Waals surface area contributed by atoms with E-state index in [1.165, 1.54) is 6.07 Å². The minimum atomic E-state index is -1.51. The number of likely N-dealkylation sites (tertiary alicyclic amines) is 1. The summed E-state index contributed by atoms with van der Waals surface area (Å²) in [6.07, 6.45) is 2.10. The van der Waals surface area contributed by atoms with Crippen LogP contribution in [0.5, 0.6) is 11.5 Å². The van der Waals surface area contributed by atoms with Crippen molar-refractivity contribution in [2.75, 3.05) is 19.6 Å². The third-order valence-electron chi connectivity index (χ3n) is 4.76. The summed E-state index contributed by atoms with van der Waals surface area (Å²) in [6, 6.07) is 3.06. The van der Waals surface area contributed by atoms with Crippen LogP contribution in [0, 0.1) is 0 Å². The van der Waals surface area contributed by atoms with Gasteiger partial charge in [0, 0.05) is 25.2 Å². The molecule has 1 aliphatic heterocycles. The Balaban J connectivity index is 1.64. The first kappa shape index (κ1) is 18.0. The lowest BCUT2D eigenvalue weighted by molar-refractivity contribution is 0.0137. The van der Waals surface area contributed by atoms with Crippen LogP contribution >= 0.6 is 0 Å². The van der Waals surface area contributed by atoms with Gasteiger partial charge in [-0.05, 0) is 37.2 Å². The van der Waals surface area contributed by atoms with Crippen molar-refractivity contribution in [1.82, 2.24) is 4.90 Å². The topological polar surface area (TPSA) is 136 Å². The molecule has 0 spiro atoms. The van der Waals surface area contributed by atoms with Crippen molar-refractivity contribution < 1.29 is 29.8 Å². The van der Waals surface area contributed by atoms with E-state index in [0.717, 1.165) is 19.4 Å². The number of nitrogens with two attached hydrogens (primary N) is 1. The Labute approximate surface area is 146 Å². The summed E-state index contributed by atoms with van der Waals surface area (Å²) in [4.78, 5) is 13.7. The van der Waals surface area contributed by atoms with E-state index in [1.54, 1.807) is 6.07 Å². The number of rotatable bonds is 8. The zero-order chi connectivity index (χ0) is 18.2. The smallest absolute Gasteiger partial charge is 0.451 e. The van der Waals surface area contributed by atoms with Crippen LogP contribution in [0.2, 0.25) is 6.32 Å². The first-order chi connectivity index (χ1) is 11.8. The molecule has 1 saturated carbocycles. The van der Waals surface area contributed by atoms with Gasteiger partial charge in [-0.2, -0.15) is 0 Å². The predicted molar refractivity (Wildman–Crippen MR) is 90.8 cm³/mol. The molecule has 0 bridgehead atoms. The van der Waals surface area contributed by atoms with Crippen molar-refractivity contribution in [2.45, 2.75) is 37.2 Å². The van der Waals surface area contributed by atoms with E-state index in [9.17, 15) is 15.0 Å². The quantitative estimate of drug-likeness (QED) is 0.402. The van der Waals surface area contributed by atoms with Gasteiger partial charge in [0.25, 0.3) is 0 Å². The molecule has 3 rings (SSSR count). The van der Waals surface area contributed by atoms with Crippen LogP contribution in [0.15, 0.2) is 12.1 Å². The summed E-state index contributed by atoms with van der Waals surface area (Å²) in [5.41, 5.74) is 6.06. The molecule has 0 atom stereocenters. The van der Waals surface area contributed by atoms with Crippen molar-refractivity contribution in [3.05, 3.63) is 23.3 Å². The average Bonchev–Trinajstić information content (AvgIpc) is 3.21. The molecule has 1 heterocycles. The van der Waals surface area contributed by atoms with Crippen molar-refractivity contribution in [3.63, 3.8) is 0 Å². The molecule has 0 amide bonds. The van der Waals surface area contributed by atoms with E-state index in [-0.39, 0.29) is 41.4 Å². The predicted octanol–water partition coefficient (Wildman–Crippen LogP) is -0.340. The van der Waals surface area contributed by atoms with E-state index in [4.69, 9.17) is 20.5 Å². The minimum Gasteiger partial charge on any atom is -0.507 e. The fourth-order valence-electron chi connectivity index (χ4n) is 3.08. The molecule has 1 aromatic carbocycles. The van der Waals surface area contributed by atoms with Gasteiger partial charge in [-0.25, -0.2) is 4.79 Å². The normalized spacial score (nSPS) is 19.3. The standard InChI is InChI=1S/C16H23BN2O6/c18-16(4-5-16)9-19-7-11(8-19)25-12-2-1-10(3-6-17(23)24)14(20)13(12)15(21)22/h1-2,11,20,23-24H,3-9,18H2,(H,21,22). The SMILES string of the molecule is NC1(CN2CC(Oc3ccc(CCB(O)O)c(O)c3C(=O)O)C2)CC1. The van der Waals surface area contributed by atoms with E-state index in [2.05, 4.69) is 4.90 Å². The van der Waals surface area contributed by atoms with Crippen LogP contribution in [0.3, 0.4) is 0 Å². The van der Waals surface area contributed by atoms with Gasteiger partial charge in [0.15, 0.2) is 0 Å². The second-order valence-corrected chi connectivity index (χ2v) is 7.07. The Morgan fingerprint density at radius 3 is 2.60 bits per heavy atom. The van der Waals surface area contributed by atoms with Crippen LogP contribution in [-0.2, 0) is 6.42 Å². The second-order valence-electron chi connectivity index (χ2n) is 7.07. The molecule has 2 aliphatic rings. The van der Waals surface area contributed by atoms with E-state index < -0.39 is 13.1 Å². The largest absolute Gasteiger partial charge is 0.507 e. The number of carboxylic acid groups (broad SMARTS) is 1. The van der Waals surface area contributed by atoms with Gasteiger partial charge < -0.3 is 30.7 Å². The average molecular weight is 350 g/mol. The van der Waals surface area contributed by atoms with Gasteiger partial charge in [0.2, 0.25) is 0 Å². The molecule has 1 saturated heterocycles. The summed E-state index contributed by atoms with van der Waals surface area (Å²) in [5.74, 6) is -1.55. The van der Waals surface area contributed by atoms with Gasteiger partial charge >= 0.3 is 13.1 Å². The highest BCUT2D eigenvalue weighted by molar-refractivity contribution is 6.41. The number of ether oxygens (including phenoxy) is 1. The fourth-order valence-corrected chi connectivity index (χ4v) is 3.08. The number of carbonyl (C=O) groups is 1. The summed E-state index contributed by atoms with van der Waals surface area (Å²) < 4.78 is 5.75. The molecule has 0 unspecified atom stereocenters. The number of aromatic hydroxyl groups is 1. The first-order valence-electron chi connectivity index (χ1n) is 8.39. The maximum Gasteiger partial charge on any atom is 0.451 e. The number of hydrogen-bond acceptors (Lipinski definition) is 7. The molecule has 0 radical (unpaired) electrons. The van der Waals surface area contributed by atoms with Crippen molar-refractivity contribution in [3.8, 4) is 11.5 Å². The van der Waals surface area contributed by atoms with Crippen LogP contribution in [0.1, 0.15) is 28.8 Å². The van der Waals surface area contributed by atoms with Gasteiger partial charge in [-0.3, -0.25) is 4.90 Å². The Kier molecular flexibility index (Phi) is 4.92. The molecule has 0 aromatic heterocycles. The van der Waals surface area contributed by atoms with Crippen LogP contribution in [0.25, 0.3) is 0 Å². The van der Waals surface area contributed by atoms with E-state index in [1.807, 2.05) is 0 Å². The Bertz CT molecular complexity index is 658. The van der Waals surface area contributed by atoms with Gasteiger partial charge in [0.1, 0.15) is 23.2 Å². The molecular weight excluding hydrogens is 327 g/mol. The summed E-state index contributed by atoms with van der Waals surface area (Å²) in [7, 11) is -1.51. The Hall–Kier alpha value is -1.81. The summed E-state index contributed by atoms with van der Waals surface area (Å²) >= 11 is 0. The number of benzene rings is 1. The lowest BCUT2D eigenvalue weighted by Crippen LogP contribution is -2.57. The van der Waals surface area contributed by atoms with E-state index >= 15 is 0 Å². The molecule has 136 valence electrons. The molecule has 1 aromatic rings. The number of aryl methyl sites for hydroxylation is 1. The third kappa shape index (κ3) is 4.24. The molecule has 6 N–H and O–H groups in total. The highest BCUT2D eigenvalue weighted by Gasteiger charge is 2.43. The molecule has 2 fully saturated rings. The summed E-state index contributed by atoms with van der Waals surface area (Å²) in [5, 5.41) is 37.5. The van der Waals surface area contributed by atoms with Gasteiger partial charge in [-0.1, -0.05) is 6.07 Å². The Morgan fingerprint density at radius 1 is 1.36 bits per heavy atom. The summed E-state index contributed by atoms with van der Waals surface area (Å²) in [6.45, 7) is 2.18. The van der Waals surface area contributed by atoms with Gasteiger partial charge in [-0.15, -0.1) is 0 Å². The fraction of sp³-hybridized carbons (Fsp3) is 0.562. The van der Waals surface area contributed by atoms with Gasteiger partial charge in [0.05, 0.1) is 0 Å². The number of carboxylic acids is 1. The van der Waals surface area contributed by atoms with Crippen LogP contribution in [0.4, 0.5) is 0 Å². The lowest BCUT2D eigenvalue weighted by Gasteiger charge is -2.40. The highest BCUT2D eigenvalue weighted by atomic mass is 16.5. The molecular formula is C16H23BN2O6. The maximum absolute atomic E-state index is 11.5. The van der Waals surface area contributed by atoms with Crippen molar-refractivity contribution in [2.24, 2.45) is 5.73 Å². The number of phenols is 1. The first-order valence-corrected chi connectivity index (χ1v) is 8.39.